The van der Waals surface area contributed by atoms with Crippen LogP contribution in [-0.4, -0.2) is 10.1 Å². The molecule has 0 aliphatic heterocycles. The third kappa shape index (κ3) is 2.92. The molecule has 0 spiro atoms. The number of hydrogen-bond donors (Lipinski definition) is 2. The van der Waals surface area contributed by atoms with Crippen molar-refractivity contribution in [3.05, 3.63) is 59.1 Å². The molecule has 0 atom stereocenters. The van der Waals surface area contributed by atoms with Gasteiger partial charge in [0.05, 0.1) is 10.2 Å². The molecule has 3 rings (SSSR count). The predicted molar refractivity (Wildman–Crippen MR) is 78.3 cm³/mol. The van der Waals surface area contributed by atoms with Crippen LogP contribution in [-0.2, 0) is 13.1 Å². The first kappa shape index (κ1) is 12.1. The number of nitrogens with zero attached hydrogens (tertiary/aromatic N) is 1. The van der Waals surface area contributed by atoms with Gasteiger partial charge in [0, 0.05) is 13.1 Å². The number of aromatic nitrogens is 1. The van der Waals surface area contributed by atoms with Crippen molar-refractivity contribution in [1.29, 1.82) is 0 Å². The number of phenolic OH excluding ortho intramolecular Hbond substituents is 1. The summed E-state index contributed by atoms with van der Waals surface area (Å²) in [5.74, 6) is 0.305. The largest absolute Gasteiger partial charge is 0.508 e. The number of aromatic hydroxyl groups is 1. The summed E-state index contributed by atoms with van der Waals surface area (Å²) in [6, 6.07) is 15.4. The van der Waals surface area contributed by atoms with Crippen molar-refractivity contribution < 1.29 is 5.11 Å². The maximum absolute atomic E-state index is 9.39. The van der Waals surface area contributed by atoms with Gasteiger partial charge in [-0.25, -0.2) is 4.98 Å². The van der Waals surface area contributed by atoms with Crippen LogP contribution in [0.3, 0.4) is 0 Å². The van der Waals surface area contributed by atoms with Crippen molar-refractivity contribution in [2.24, 2.45) is 0 Å². The number of rotatable bonds is 4. The van der Waals surface area contributed by atoms with Gasteiger partial charge in [-0.3, -0.25) is 0 Å². The minimum atomic E-state index is 0.305. The molecule has 3 nitrogen and oxygen atoms in total. The van der Waals surface area contributed by atoms with E-state index in [0.717, 1.165) is 29.2 Å². The van der Waals surface area contributed by atoms with Gasteiger partial charge < -0.3 is 10.4 Å². The van der Waals surface area contributed by atoms with E-state index in [2.05, 4.69) is 16.4 Å². The Hall–Kier alpha value is -1.91. The molecular formula is C15H14N2OS. The number of para-hydroxylation sites is 1. The van der Waals surface area contributed by atoms with Gasteiger partial charge in [-0.1, -0.05) is 24.3 Å². The highest BCUT2D eigenvalue weighted by Gasteiger charge is 2.02. The van der Waals surface area contributed by atoms with Gasteiger partial charge in [0.15, 0.2) is 0 Å². The van der Waals surface area contributed by atoms with Gasteiger partial charge in [-0.05, 0) is 29.8 Å². The third-order valence-electron chi connectivity index (χ3n) is 2.85. The molecule has 2 N–H and O–H groups in total. The zero-order valence-corrected chi connectivity index (χ0v) is 11.2. The number of benzene rings is 2. The molecule has 3 aromatic rings. The first-order valence-electron chi connectivity index (χ1n) is 6.14. The molecule has 4 heteroatoms. The molecule has 0 radical (unpaired) electrons. The summed E-state index contributed by atoms with van der Waals surface area (Å²) in [6.07, 6.45) is 0. The maximum atomic E-state index is 9.39. The Morgan fingerprint density at radius 1 is 1.05 bits per heavy atom. The quantitative estimate of drug-likeness (QED) is 0.764. The fourth-order valence-electron chi connectivity index (χ4n) is 1.98. The van der Waals surface area contributed by atoms with E-state index in [4.69, 9.17) is 0 Å². The molecule has 0 amide bonds. The zero-order chi connectivity index (χ0) is 13.1. The molecular weight excluding hydrogens is 256 g/mol. The van der Waals surface area contributed by atoms with E-state index in [1.54, 1.807) is 23.5 Å². The van der Waals surface area contributed by atoms with Crippen molar-refractivity contribution in [3.63, 3.8) is 0 Å². The highest BCUT2D eigenvalue weighted by atomic mass is 32.1. The molecule has 0 unspecified atom stereocenters. The fraction of sp³-hybridized carbons (Fsp3) is 0.133. The number of thiazole rings is 1. The molecule has 1 heterocycles. The van der Waals surface area contributed by atoms with Crippen LogP contribution in [0.2, 0.25) is 0 Å². The molecule has 2 aromatic carbocycles. The summed E-state index contributed by atoms with van der Waals surface area (Å²) < 4.78 is 1.22. The second kappa shape index (κ2) is 5.38. The average Bonchev–Trinajstić information content (AvgIpc) is 2.81. The number of phenols is 1. The van der Waals surface area contributed by atoms with Crippen LogP contribution in [0.4, 0.5) is 0 Å². The molecule has 0 fully saturated rings. The molecule has 1 aromatic heterocycles. The molecule has 0 aliphatic carbocycles. The van der Waals surface area contributed by atoms with Gasteiger partial charge in [0.25, 0.3) is 0 Å². The fourth-order valence-corrected chi connectivity index (χ4v) is 2.91. The van der Waals surface area contributed by atoms with Gasteiger partial charge in [0.2, 0.25) is 0 Å². The smallest absolute Gasteiger partial charge is 0.115 e. The van der Waals surface area contributed by atoms with E-state index in [9.17, 15) is 5.11 Å². The predicted octanol–water partition coefficient (Wildman–Crippen LogP) is 3.29. The van der Waals surface area contributed by atoms with E-state index in [0.29, 0.717) is 5.75 Å². The topological polar surface area (TPSA) is 45.1 Å². The van der Waals surface area contributed by atoms with Crippen LogP contribution in [0.25, 0.3) is 10.2 Å². The SMILES string of the molecule is Oc1cccc(CNCc2nc3ccccc3s2)c1. The Morgan fingerprint density at radius 3 is 2.79 bits per heavy atom. The highest BCUT2D eigenvalue weighted by molar-refractivity contribution is 7.18. The van der Waals surface area contributed by atoms with Crippen LogP contribution in [0.5, 0.6) is 5.75 Å². The van der Waals surface area contributed by atoms with E-state index in [-0.39, 0.29) is 0 Å². The second-order valence-electron chi connectivity index (χ2n) is 4.35. The van der Waals surface area contributed by atoms with Crippen molar-refractivity contribution in [2.75, 3.05) is 0 Å². The van der Waals surface area contributed by atoms with Crippen molar-refractivity contribution in [1.82, 2.24) is 10.3 Å². The summed E-state index contributed by atoms with van der Waals surface area (Å²) in [7, 11) is 0. The second-order valence-corrected chi connectivity index (χ2v) is 5.46. The van der Waals surface area contributed by atoms with E-state index < -0.39 is 0 Å². The third-order valence-corrected chi connectivity index (χ3v) is 3.89. The monoisotopic (exact) mass is 270 g/mol. The van der Waals surface area contributed by atoms with Crippen LogP contribution in [0.1, 0.15) is 10.6 Å². The Kier molecular flexibility index (Phi) is 3.44. The van der Waals surface area contributed by atoms with Crippen LogP contribution >= 0.6 is 11.3 Å². The zero-order valence-electron chi connectivity index (χ0n) is 10.3. The Balaban J connectivity index is 1.63. The summed E-state index contributed by atoms with van der Waals surface area (Å²) >= 11 is 1.71. The summed E-state index contributed by atoms with van der Waals surface area (Å²) in [5.41, 5.74) is 2.13. The minimum absolute atomic E-state index is 0.305. The normalized spacial score (nSPS) is 10.9. The first-order chi connectivity index (χ1) is 9.31. The lowest BCUT2D eigenvalue weighted by Crippen LogP contribution is -2.12. The molecule has 0 saturated carbocycles. The van der Waals surface area contributed by atoms with Crippen LogP contribution in [0.15, 0.2) is 48.5 Å². The molecule has 0 bridgehead atoms. The first-order valence-corrected chi connectivity index (χ1v) is 6.96. The number of nitrogens with one attached hydrogen (secondary N) is 1. The lowest BCUT2D eigenvalue weighted by molar-refractivity contribution is 0.474. The van der Waals surface area contributed by atoms with Gasteiger partial charge >= 0.3 is 0 Å². The van der Waals surface area contributed by atoms with Crippen molar-refractivity contribution in [2.45, 2.75) is 13.1 Å². The van der Waals surface area contributed by atoms with Crippen molar-refractivity contribution in [3.8, 4) is 5.75 Å². The summed E-state index contributed by atoms with van der Waals surface area (Å²) in [4.78, 5) is 4.57. The van der Waals surface area contributed by atoms with Gasteiger partial charge in [-0.15, -0.1) is 11.3 Å². The van der Waals surface area contributed by atoms with Crippen LogP contribution in [0, 0.1) is 0 Å². The van der Waals surface area contributed by atoms with E-state index >= 15 is 0 Å². The Morgan fingerprint density at radius 2 is 1.95 bits per heavy atom. The molecule has 0 saturated heterocycles. The summed E-state index contributed by atoms with van der Waals surface area (Å²) in [6.45, 7) is 1.47. The lowest BCUT2D eigenvalue weighted by Gasteiger charge is -2.03. The maximum Gasteiger partial charge on any atom is 0.115 e. The highest BCUT2D eigenvalue weighted by Crippen LogP contribution is 2.21. The summed E-state index contributed by atoms with van der Waals surface area (Å²) in [5, 5.41) is 13.8. The standard InChI is InChI=1S/C15H14N2OS/c18-12-5-3-4-11(8-12)9-16-10-15-17-13-6-1-2-7-14(13)19-15/h1-8,16,18H,9-10H2. The van der Waals surface area contributed by atoms with E-state index in [1.165, 1.54) is 4.70 Å². The van der Waals surface area contributed by atoms with Gasteiger partial charge in [0.1, 0.15) is 10.8 Å². The molecule has 0 aliphatic rings. The van der Waals surface area contributed by atoms with Crippen molar-refractivity contribution >= 4 is 21.6 Å². The lowest BCUT2D eigenvalue weighted by atomic mass is 10.2. The average molecular weight is 270 g/mol. The van der Waals surface area contributed by atoms with Gasteiger partial charge in [-0.2, -0.15) is 0 Å². The number of fused-ring (bicyclic) bond motifs is 1. The Bertz CT molecular complexity index is 660. The number of hydrogen-bond acceptors (Lipinski definition) is 4. The molecule has 19 heavy (non-hydrogen) atoms. The minimum Gasteiger partial charge on any atom is -0.508 e. The Labute approximate surface area is 115 Å². The molecule has 96 valence electrons. The van der Waals surface area contributed by atoms with E-state index in [1.807, 2.05) is 30.3 Å². The van der Waals surface area contributed by atoms with Crippen LogP contribution < -0.4 is 5.32 Å².